The van der Waals surface area contributed by atoms with Crippen molar-refractivity contribution in [2.75, 3.05) is 35.6 Å². The van der Waals surface area contributed by atoms with Gasteiger partial charge in [-0.25, -0.2) is 4.98 Å². The van der Waals surface area contributed by atoms with Gasteiger partial charge in [-0.15, -0.1) is 0 Å². The molecule has 0 saturated carbocycles. The summed E-state index contributed by atoms with van der Waals surface area (Å²) in [6.45, 7) is 1.06. The number of nitrogens with zero attached hydrogens (tertiary/aromatic N) is 2. The summed E-state index contributed by atoms with van der Waals surface area (Å²) in [4.78, 5) is 8.43. The molecule has 0 spiro atoms. The van der Waals surface area contributed by atoms with Crippen LogP contribution >= 0.6 is 0 Å². The van der Waals surface area contributed by atoms with Crippen LogP contribution in [0.3, 0.4) is 0 Å². The van der Waals surface area contributed by atoms with Crippen molar-refractivity contribution in [3.8, 4) is 0 Å². The SMILES string of the molecule is NC(N)CNc1ncc(NCC(N)N)c(NCC(N)N)n1. The fraction of sp³-hybridized carbons (Fsp3) is 0.600. The highest BCUT2D eigenvalue weighted by atomic mass is 15.2. The van der Waals surface area contributed by atoms with Crippen LogP contribution in [0.2, 0.25) is 0 Å². The molecule has 11 nitrogen and oxygen atoms in total. The molecule has 1 aromatic heterocycles. The summed E-state index contributed by atoms with van der Waals surface area (Å²) in [5.41, 5.74) is 33.6. The summed E-state index contributed by atoms with van der Waals surface area (Å²) in [5, 5.41) is 8.96. The van der Waals surface area contributed by atoms with Gasteiger partial charge in [0, 0.05) is 19.6 Å². The Bertz CT molecular complexity index is 419. The molecular formula is C10H25N11. The molecule has 0 radical (unpaired) electrons. The lowest BCUT2D eigenvalue weighted by molar-refractivity contribution is 0.731. The second-order valence-corrected chi connectivity index (χ2v) is 4.59. The minimum atomic E-state index is -0.515. The lowest BCUT2D eigenvalue weighted by Crippen LogP contribution is -2.39. The Morgan fingerprint density at radius 1 is 0.810 bits per heavy atom. The van der Waals surface area contributed by atoms with E-state index in [1.54, 1.807) is 6.20 Å². The van der Waals surface area contributed by atoms with Gasteiger partial charge in [-0.05, 0) is 0 Å². The molecule has 0 unspecified atom stereocenters. The molecule has 0 saturated heterocycles. The number of nitrogens with one attached hydrogen (secondary N) is 3. The van der Waals surface area contributed by atoms with Crippen LogP contribution in [0.25, 0.3) is 0 Å². The maximum absolute atomic E-state index is 5.51. The van der Waals surface area contributed by atoms with Gasteiger partial charge < -0.3 is 50.4 Å². The molecule has 120 valence electrons. The van der Waals surface area contributed by atoms with E-state index in [0.29, 0.717) is 37.1 Å². The van der Waals surface area contributed by atoms with Crippen LogP contribution < -0.4 is 50.4 Å². The first-order valence-corrected chi connectivity index (χ1v) is 6.50. The maximum atomic E-state index is 5.51. The normalized spacial score (nSPS) is 11.3. The second kappa shape index (κ2) is 8.51. The Balaban J connectivity index is 2.79. The predicted molar refractivity (Wildman–Crippen MR) is 84.0 cm³/mol. The van der Waals surface area contributed by atoms with Gasteiger partial charge in [0.05, 0.1) is 30.4 Å². The Kier molecular flexibility index (Phi) is 7.01. The van der Waals surface area contributed by atoms with E-state index in [2.05, 4.69) is 25.9 Å². The van der Waals surface area contributed by atoms with Crippen molar-refractivity contribution in [2.24, 2.45) is 34.4 Å². The summed E-state index contributed by atoms with van der Waals surface area (Å²) in [6, 6.07) is 0. The standard InChI is InChI=1S/C10H25N11/c11-6(12)2-17-5-1-19-10(20-4-8(15)16)21-9(5)18-3-7(13)14/h1,6-8,17H,2-4,11-16H2,(H2,18,19,20,21). The molecule has 11 heteroatoms. The van der Waals surface area contributed by atoms with Crippen LogP contribution in [0.5, 0.6) is 0 Å². The van der Waals surface area contributed by atoms with Gasteiger partial charge in [0.15, 0.2) is 5.82 Å². The summed E-state index contributed by atoms with van der Waals surface area (Å²) in [7, 11) is 0. The molecular weight excluding hydrogens is 274 g/mol. The van der Waals surface area contributed by atoms with E-state index in [1.165, 1.54) is 0 Å². The molecule has 0 amide bonds. The highest BCUT2D eigenvalue weighted by molar-refractivity contribution is 5.64. The van der Waals surface area contributed by atoms with Crippen molar-refractivity contribution in [1.82, 2.24) is 9.97 Å². The molecule has 15 N–H and O–H groups in total. The Labute approximate surface area is 123 Å². The quantitative estimate of drug-likeness (QED) is 0.203. The molecule has 0 fully saturated rings. The van der Waals surface area contributed by atoms with Gasteiger partial charge in [0.25, 0.3) is 0 Å². The van der Waals surface area contributed by atoms with Gasteiger partial charge in [0.2, 0.25) is 5.95 Å². The van der Waals surface area contributed by atoms with Gasteiger partial charge in [0.1, 0.15) is 0 Å². The van der Waals surface area contributed by atoms with E-state index in [-0.39, 0.29) is 0 Å². The third-order valence-electron chi connectivity index (χ3n) is 2.32. The predicted octanol–water partition coefficient (Wildman–Crippen LogP) is -3.56. The maximum Gasteiger partial charge on any atom is 0.224 e. The number of hydrogen-bond acceptors (Lipinski definition) is 11. The summed E-state index contributed by atoms with van der Waals surface area (Å²) < 4.78 is 0. The van der Waals surface area contributed by atoms with Crippen molar-refractivity contribution < 1.29 is 0 Å². The fourth-order valence-corrected chi connectivity index (χ4v) is 1.38. The van der Waals surface area contributed by atoms with Crippen LogP contribution in [0.1, 0.15) is 0 Å². The average molecular weight is 299 g/mol. The second-order valence-electron chi connectivity index (χ2n) is 4.59. The minimum absolute atomic E-state index is 0.343. The summed E-state index contributed by atoms with van der Waals surface area (Å²) in [6.07, 6.45) is 0.0704. The smallest absolute Gasteiger partial charge is 0.224 e. The van der Waals surface area contributed by atoms with E-state index in [1.807, 2.05) is 0 Å². The zero-order valence-corrected chi connectivity index (χ0v) is 11.8. The summed E-state index contributed by atoms with van der Waals surface area (Å²) >= 11 is 0. The van der Waals surface area contributed by atoms with E-state index in [4.69, 9.17) is 34.4 Å². The Hall–Kier alpha value is -1.76. The number of aromatic nitrogens is 2. The van der Waals surface area contributed by atoms with Crippen molar-refractivity contribution >= 4 is 17.5 Å². The van der Waals surface area contributed by atoms with E-state index >= 15 is 0 Å². The lowest BCUT2D eigenvalue weighted by Gasteiger charge is -2.16. The van der Waals surface area contributed by atoms with E-state index in [0.717, 1.165) is 0 Å². The van der Waals surface area contributed by atoms with Crippen molar-refractivity contribution in [2.45, 2.75) is 18.5 Å². The van der Waals surface area contributed by atoms with Crippen molar-refractivity contribution in [3.05, 3.63) is 6.20 Å². The molecule has 21 heavy (non-hydrogen) atoms. The molecule has 1 heterocycles. The number of hydrogen-bond donors (Lipinski definition) is 9. The molecule has 0 aliphatic carbocycles. The first-order valence-electron chi connectivity index (χ1n) is 6.50. The summed E-state index contributed by atoms with van der Waals surface area (Å²) in [5.74, 6) is 0.909. The van der Waals surface area contributed by atoms with E-state index < -0.39 is 18.5 Å². The molecule has 0 bridgehead atoms. The number of nitrogens with two attached hydrogens (primary N) is 6. The molecule has 0 atom stereocenters. The molecule has 1 aromatic rings. The van der Waals surface area contributed by atoms with Gasteiger partial charge in [-0.3, -0.25) is 0 Å². The average Bonchev–Trinajstić information content (AvgIpc) is 2.41. The first-order chi connectivity index (χ1) is 9.88. The van der Waals surface area contributed by atoms with Crippen molar-refractivity contribution in [1.29, 1.82) is 0 Å². The largest absolute Gasteiger partial charge is 0.378 e. The van der Waals surface area contributed by atoms with Crippen LogP contribution in [-0.4, -0.2) is 48.1 Å². The highest BCUT2D eigenvalue weighted by Gasteiger charge is 2.09. The monoisotopic (exact) mass is 299 g/mol. The third kappa shape index (κ3) is 6.99. The first kappa shape index (κ1) is 17.3. The van der Waals surface area contributed by atoms with Gasteiger partial charge in [-0.1, -0.05) is 0 Å². The zero-order chi connectivity index (χ0) is 15.8. The Morgan fingerprint density at radius 2 is 1.33 bits per heavy atom. The van der Waals surface area contributed by atoms with Crippen LogP contribution in [0.15, 0.2) is 6.20 Å². The molecule has 0 aliphatic heterocycles. The molecule has 1 rings (SSSR count). The number of rotatable bonds is 9. The topological polar surface area (TPSA) is 218 Å². The van der Waals surface area contributed by atoms with Gasteiger partial charge >= 0.3 is 0 Å². The Morgan fingerprint density at radius 3 is 1.90 bits per heavy atom. The van der Waals surface area contributed by atoms with Gasteiger partial charge in [-0.2, -0.15) is 4.98 Å². The van der Waals surface area contributed by atoms with Crippen LogP contribution in [0.4, 0.5) is 17.5 Å². The minimum Gasteiger partial charge on any atom is -0.378 e. The third-order valence-corrected chi connectivity index (χ3v) is 2.32. The number of anilines is 3. The van der Waals surface area contributed by atoms with E-state index in [9.17, 15) is 0 Å². The van der Waals surface area contributed by atoms with Crippen LogP contribution in [-0.2, 0) is 0 Å². The highest BCUT2D eigenvalue weighted by Crippen LogP contribution is 2.19. The zero-order valence-electron chi connectivity index (χ0n) is 11.8. The van der Waals surface area contributed by atoms with Crippen LogP contribution in [0, 0.1) is 0 Å². The fourth-order valence-electron chi connectivity index (χ4n) is 1.38. The van der Waals surface area contributed by atoms with Crippen molar-refractivity contribution in [3.63, 3.8) is 0 Å². The lowest BCUT2D eigenvalue weighted by atomic mass is 10.4. The molecule has 0 aromatic carbocycles. The molecule has 0 aliphatic rings.